The van der Waals surface area contributed by atoms with Crippen LogP contribution in [0, 0.1) is 0 Å². The second-order valence-electron chi connectivity index (χ2n) is 7.13. The smallest absolute Gasteiger partial charge is 0.263 e. The highest BCUT2D eigenvalue weighted by atomic mass is 32.2. The Kier molecular flexibility index (Phi) is 6.44. The molecule has 1 aliphatic rings. The maximum absolute atomic E-state index is 12.8. The zero-order valence-electron chi connectivity index (χ0n) is 16.7. The number of nitrogens with one attached hydrogen (secondary N) is 1. The number of nitrogens with two attached hydrogens (primary N) is 1. The van der Waals surface area contributed by atoms with Gasteiger partial charge in [0.1, 0.15) is 5.75 Å². The zero-order valence-corrected chi connectivity index (χ0v) is 17.5. The summed E-state index contributed by atoms with van der Waals surface area (Å²) in [5, 5.41) is 8.41. The summed E-state index contributed by atoms with van der Waals surface area (Å²) in [6.07, 6.45) is 1.00. The average Bonchev–Trinajstić information content (AvgIpc) is 2.71. The van der Waals surface area contributed by atoms with Crippen molar-refractivity contribution in [3.05, 3.63) is 54.1 Å². The Morgan fingerprint density at radius 1 is 1.17 bits per heavy atom. The van der Waals surface area contributed by atoms with Crippen molar-refractivity contribution < 1.29 is 17.9 Å². The van der Waals surface area contributed by atoms with E-state index in [2.05, 4.69) is 5.32 Å². The molecule has 1 amide bonds. The van der Waals surface area contributed by atoms with Gasteiger partial charge in [-0.1, -0.05) is 44.2 Å². The van der Waals surface area contributed by atoms with E-state index in [9.17, 15) is 13.2 Å². The number of primary sulfonamides is 1. The number of hydrogen-bond acceptors (Lipinski definition) is 5. The highest BCUT2D eigenvalue weighted by molar-refractivity contribution is 7.89. The Bertz CT molecular complexity index is 973. The SMILES string of the molecule is CCC(CC)NC(=O)C1CN(Cc2ccccc2S(N)(=O)=O)c2ccccc2O1. The van der Waals surface area contributed by atoms with Gasteiger partial charge in [0.2, 0.25) is 10.0 Å². The van der Waals surface area contributed by atoms with Gasteiger partial charge in [-0.25, -0.2) is 13.6 Å². The summed E-state index contributed by atoms with van der Waals surface area (Å²) in [5.74, 6) is 0.425. The summed E-state index contributed by atoms with van der Waals surface area (Å²) in [5.41, 5.74) is 1.38. The summed E-state index contributed by atoms with van der Waals surface area (Å²) in [6, 6.07) is 14.2. The fourth-order valence-electron chi connectivity index (χ4n) is 3.50. The molecule has 0 radical (unpaired) electrons. The Labute approximate surface area is 171 Å². The summed E-state index contributed by atoms with van der Waals surface area (Å²) < 4.78 is 29.9. The van der Waals surface area contributed by atoms with E-state index >= 15 is 0 Å². The first kappa shape index (κ1) is 21.1. The molecule has 1 unspecified atom stereocenters. The molecule has 0 bridgehead atoms. The Balaban J connectivity index is 1.89. The molecule has 0 aliphatic carbocycles. The Morgan fingerprint density at radius 3 is 2.52 bits per heavy atom. The van der Waals surface area contributed by atoms with Gasteiger partial charge in [0.25, 0.3) is 5.91 Å². The minimum absolute atomic E-state index is 0.0852. The van der Waals surface area contributed by atoms with Crippen LogP contribution in [-0.2, 0) is 21.4 Å². The topological polar surface area (TPSA) is 102 Å². The molecule has 8 heteroatoms. The van der Waals surface area contributed by atoms with Gasteiger partial charge in [0, 0.05) is 12.6 Å². The summed E-state index contributed by atoms with van der Waals surface area (Å²) >= 11 is 0. The van der Waals surface area contributed by atoms with Crippen molar-refractivity contribution in [1.82, 2.24) is 5.32 Å². The van der Waals surface area contributed by atoms with E-state index in [0.29, 0.717) is 24.4 Å². The number of carbonyl (C=O) groups excluding carboxylic acids is 1. The third-order valence-corrected chi connectivity index (χ3v) is 6.14. The molecule has 3 rings (SSSR count). The number of ether oxygens (including phenoxy) is 1. The lowest BCUT2D eigenvalue weighted by atomic mass is 10.1. The predicted octanol–water partition coefficient (Wildman–Crippen LogP) is 2.41. The number of sulfonamides is 1. The number of anilines is 1. The van der Waals surface area contributed by atoms with Crippen molar-refractivity contribution in [1.29, 1.82) is 0 Å². The molecule has 0 saturated heterocycles. The monoisotopic (exact) mass is 417 g/mol. The van der Waals surface area contributed by atoms with Crippen molar-refractivity contribution in [3.63, 3.8) is 0 Å². The van der Waals surface area contributed by atoms with Crippen molar-refractivity contribution in [2.24, 2.45) is 5.14 Å². The van der Waals surface area contributed by atoms with Gasteiger partial charge in [-0.2, -0.15) is 0 Å². The lowest BCUT2D eigenvalue weighted by Crippen LogP contribution is -2.51. The summed E-state index contributed by atoms with van der Waals surface area (Å²) in [4.78, 5) is 14.8. The second kappa shape index (κ2) is 8.84. The second-order valence-corrected chi connectivity index (χ2v) is 8.66. The van der Waals surface area contributed by atoms with E-state index in [1.165, 1.54) is 6.07 Å². The van der Waals surface area contributed by atoms with E-state index in [0.717, 1.165) is 18.5 Å². The molecular weight excluding hydrogens is 390 g/mol. The van der Waals surface area contributed by atoms with E-state index in [4.69, 9.17) is 9.88 Å². The molecule has 1 atom stereocenters. The third kappa shape index (κ3) is 4.89. The van der Waals surface area contributed by atoms with E-state index in [1.54, 1.807) is 18.2 Å². The van der Waals surface area contributed by atoms with Gasteiger partial charge in [0.05, 0.1) is 17.1 Å². The van der Waals surface area contributed by atoms with Crippen LogP contribution in [0.25, 0.3) is 0 Å². The molecule has 29 heavy (non-hydrogen) atoms. The van der Waals surface area contributed by atoms with Gasteiger partial charge in [-0.05, 0) is 36.6 Å². The number of benzene rings is 2. The van der Waals surface area contributed by atoms with Crippen molar-refractivity contribution in [2.75, 3.05) is 11.4 Å². The Hall–Kier alpha value is -2.58. The summed E-state index contributed by atoms with van der Waals surface area (Å²) in [7, 11) is -3.85. The van der Waals surface area contributed by atoms with E-state index in [-0.39, 0.29) is 16.8 Å². The van der Waals surface area contributed by atoms with Crippen LogP contribution in [0.15, 0.2) is 53.4 Å². The minimum Gasteiger partial charge on any atom is -0.477 e. The minimum atomic E-state index is -3.85. The molecule has 3 N–H and O–H groups in total. The highest BCUT2D eigenvalue weighted by Gasteiger charge is 2.32. The van der Waals surface area contributed by atoms with Crippen LogP contribution in [-0.4, -0.2) is 33.0 Å². The normalized spacial score (nSPS) is 16.3. The van der Waals surface area contributed by atoms with Crippen LogP contribution >= 0.6 is 0 Å². The maximum atomic E-state index is 12.8. The van der Waals surface area contributed by atoms with Crippen LogP contribution in [0.1, 0.15) is 32.3 Å². The molecule has 2 aromatic rings. The maximum Gasteiger partial charge on any atom is 0.263 e. The van der Waals surface area contributed by atoms with Crippen molar-refractivity contribution in [3.8, 4) is 5.75 Å². The number of rotatable bonds is 7. The van der Waals surface area contributed by atoms with Gasteiger partial charge in [-0.3, -0.25) is 4.79 Å². The van der Waals surface area contributed by atoms with Gasteiger partial charge < -0.3 is 15.0 Å². The molecule has 1 aliphatic heterocycles. The highest BCUT2D eigenvalue weighted by Crippen LogP contribution is 2.34. The molecule has 0 saturated carbocycles. The van der Waals surface area contributed by atoms with Crippen molar-refractivity contribution >= 4 is 21.6 Å². The number of nitrogens with zero attached hydrogens (tertiary/aromatic N) is 1. The first-order valence-corrected chi connectivity index (χ1v) is 11.3. The van der Waals surface area contributed by atoms with Gasteiger partial charge in [-0.15, -0.1) is 0 Å². The number of fused-ring (bicyclic) bond motifs is 1. The fraction of sp³-hybridized carbons (Fsp3) is 0.381. The predicted molar refractivity (Wildman–Crippen MR) is 112 cm³/mol. The van der Waals surface area contributed by atoms with Gasteiger partial charge in [0.15, 0.2) is 6.10 Å². The third-order valence-electron chi connectivity index (χ3n) is 5.13. The molecular formula is C21H27N3O4S. The largest absolute Gasteiger partial charge is 0.477 e. The molecule has 1 heterocycles. The number of hydrogen-bond donors (Lipinski definition) is 2. The molecule has 7 nitrogen and oxygen atoms in total. The summed E-state index contributed by atoms with van der Waals surface area (Å²) in [6.45, 7) is 4.66. The lowest BCUT2D eigenvalue weighted by molar-refractivity contribution is -0.128. The van der Waals surface area contributed by atoms with Crippen LogP contribution in [0.4, 0.5) is 5.69 Å². The lowest BCUT2D eigenvalue weighted by Gasteiger charge is -2.36. The molecule has 0 fully saturated rings. The quantitative estimate of drug-likeness (QED) is 0.720. The first-order valence-electron chi connectivity index (χ1n) is 9.75. The van der Waals surface area contributed by atoms with E-state index in [1.807, 2.05) is 43.0 Å². The van der Waals surface area contributed by atoms with Crippen LogP contribution in [0.3, 0.4) is 0 Å². The molecule has 156 valence electrons. The number of amides is 1. The van der Waals surface area contributed by atoms with E-state index < -0.39 is 16.1 Å². The average molecular weight is 418 g/mol. The standard InChI is InChI=1S/C21H27N3O4S/c1-3-16(4-2)23-21(25)19-14-24(17-10-6-7-11-18(17)28-19)13-15-9-5-8-12-20(15)29(22,26)27/h5-12,16,19H,3-4,13-14H2,1-2H3,(H,23,25)(H2,22,26,27). The molecule has 0 spiro atoms. The number of carbonyl (C=O) groups is 1. The Morgan fingerprint density at radius 2 is 1.83 bits per heavy atom. The first-order chi connectivity index (χ1) is 13.8. The van der Waals surface area contributed by atoms with Crippen molar-refractivity contribution in [2.45, 2.75) is 50.3 Å². The number of para-hydroxylation sites is 2. The molecule has 0 aromatic heterocycles. The van der Waals surface area contributed by atoms with Crippen LogP contribution in [0.5, 0.6) is 5.75 Å². The van der Waals surface area contributed by atoms with Crippen LogP contribution < -0.4 is 20.1 Å². The van der Waals surface area contributed by atoms with Gasteiger partial charge >= 0.3 is 0 Å². The molecule has 2 aromatic carbocycles. The zero-order chi connectivity index (χ0) is 21.0. The van der Waals surface area contributed by atoms with Crippen LogP contribution in [0.2, 0.25) is 0 Å². The fourth-order valence-corrected chi connectivity index (χ4v) is 4.26.